The molecule has 102 valence electrons. The van der Waals surface area contributed by atoms with Gasteiger partial charge in [-0.15, -0.1) is 0 Å². The van der Waals surface area contributed by atoms with Crippen molar-refractivity contribution in [3.63, 3.8) is 0 Å². The minimum Gasteiger partial charge on any atom is -0.271 e. The fraction of sp³-hybridized carbons (Fsp3) is 0.571. The highest BCUT2D eigenvalue weighted by Gasteiger charge is 2.14. The van der Waals surface area contributed by atoms with Crippen molar-refractivity contribution in [1.82, 2.24) is 5.43 Å². The molecule has 0 heterocycles. The van der Waals surface area contributed by atoms with Crippen molar-refractivity contribution in [2.24, 2.45) is 11.8 Å². The SMILES string of the molecule is CCCC(C)CC(Cc1ccc(F)cc1F)NN. The summed E-state index contributed by atoms with van der Waals surface area (Å²) in [6.07, 6.45) is 3.63. The maximum Gasteiger partial charge on any atom is 0.129 e. The summed E-state index contributed by atoms with van der Waals surface area (Å²) in [4.78, 5) is 0. The molecule has 2 unspecified atom stereocenters. The molecule has 0 aliphatic carbocycles. The Morgan fingerprint density at radius 3 is 2.61 bits per heavy atom. The zero-order valence-corrected chi connectivity index (χ0v) is 11.0. The maximum absolute atomic E-state index is 13.5. The van der Waals surface area contributed by atoms with Gasteiger partial charge in [0.15, 0.2) is 0 Å². The lowest BCUT2D eigenvalue weighted by Gasteiger charge is -2.20. The molecule has 18 heavy (non-hydrogen) atoms. The third kappa shape index (κ3) is 4.70. The first-order valence-electron chi connectivity index (χ1n) is 6.46. The van der Waals surface area contributed by atoms with Crippen LogP contribution in [0.25, 0.3) is 0 Å². The van der Waals surface area contributed by atoms with Crippen molar-refractivity contribution in [2.75, 3.05) is 0 Å². The highest BCUT2D eigenvalue weighted by atomic mass is 19.1. The van der Waals surface area contributed by atoms with E-state index in [4.69, 9.17) is 5.84 Å². The van der Waals surface area contributed by atoms with Gasteiger partial charge in [0, 0.05) is 12.1 Å². The molecule has 0 amide bonds. The van der Waals surface area contributed by atoms with Crippen molar-refractivity contribution in [2.45, 2.75) is 45.6 Å². The van der Waals surface area contributed by atoms with Crippen LogP contribution >= 0.6 is 0 Å². The van der Waals surface area contributed by atoms with Crippen LogP contribution in [0.1, 0.15) is 38.7 Å². The van der Waals surface area contributed by atoms with E-state index < -0.39 is 11.6 Å². The van der Waals surface area contributed by atoms with Crippen LogP contribution < -0.4 is 11.3 Å². The molecule has 0 aliphatic heterocycles. The second kappa shape index (κ2) is 7.44. The lowest BCUT2D eigenvalue weighted by Crippen LogP contribution is -2.38. The number of benzene rings is 1. The highest BCUT2D eigenvalue weighted by molar-refractivity contribution is 5.19. The minimum absolute atomic E-state index is 0.0199. The summed E-state index contributed by atoms with van der Waals surface area (Å²) in [7, 11) is 0. The molecule has 1 aromatic rings. The average Bonchev–Trinajstić information content (AvgIpc) is 2.31. The molecule has 0 saturated heterocycles. The Morgan fingerprint density at radius 1 is 1.33 bits per heavy atom. The largest absolute Gasteiger partial charge is 0.271 e. The number of hydrogen-bond donors (Lipinski definition) is 2. The molecule has 0 spiro atoms. The lowest BCUT2D eigenvalue weighted by molar-refractivity contribution is 0.381. The quantitative estimate of drug-likeness (QED) is 0.581. The molecule has 1 aromatic carbocycles. The standard InChI is InChI=1S/C14H22F2N2/c1-3-4-10(2)7-13(18-17)8-11-5-6-12(15)9-14(11)16/h5-6,9-10,13,18H,3-4,7-8,17H2,1-2H3. The van der Waals surface area contributed by atoms with Gasteiger partial charge < -0.3 is 0 Å². The van der Waals surface area contributed by atoms with Crippen LogP contribution in [-0.4, -0.2) is 6.04 Å². The molecule has 0 bridgehead atoms. The van der Waals surface area contributed by atoms with E-state index in [2.05, 4.69) is 19.3 Å². The summed E-state index contributed by atoms with van der Waals surface area (Å²) < 4.78 is 26.3. The van der Waals surface area contributed by atoms with E-state index >= 15 is 0 Å². The van der Waals surface area contributed by atoms with Crippen LogP contribution in [0.3, 0.4) is 0 Å². The van der Waals surface area contributed by atoms with E-state index in [1.54, 1.807) is 0 Å². The number of nitrogens with one attached hydrogen (secondary N) is 1. The summed E-state index contributed by atoms with van der Waals surface area (Å²) in [5.41, 5.74) is 3.22. The van der Waals surface area contributed by atoms with Crippen LogP contribution in [0, 0.1) is 17.6 Å². The number of nitrogens with two attached hydrogens (primary N) is 1. The Balaban J connectivity index is 2.62. The molecule has 4 heteroatoms. The molecule has 0 fully saturated rings. The Kier molecular flexibility index (Phi) is 6.22. The van der Waals surface area contributed by atoms with Crippen molar-refractivity contribution in [3.8, 4) is 0 Å². The third-order valence-electron chi connectivity index (χ3n) is 3.19. The van der Waals surface area contributed by atoms with Crippen LogP contribution in [0.5, 0.6) is 0 Å². The Hall–Kier alpha value is -1.00. The number of halogens is 2. The third-order valence-corrected chi connectivity index (χ3v) is 3.19. The predicted molar refractivity (Wildman–Crippen MR) is 69.9 cm³/mol. The predicted octanol–water partition coefficient (Wildman–Crippen LogP) is 3.17. The summed E-state index contributed by atoms with van der Waals surface area (Å²) in [5.74, 6) is 4.99. The first-order chi connectivity index (χ1) is 8.56. The Labute approximate surface area is 108 Å². The van der Waals surface area contributed by atoms with E-state index in [-0.39, 0.29) is 6.04 Å². The first-order valence-corrected chi connectivity index (χ1v) is 6.46. The van der Waals surface area contributed by atoms with Gasteiger partial charge in [-0.25, -0.2) is 8.78 Å². The average molecular weight is 256 g/mol. The molecule has 0 aliphatic rings. The lowest BCUT2D eigenvalue weighted by atomic mass is 9.93. The van der Waals surface area contributed by atoms with E-state index in [0.717, 1.165) is 25.3 Å². The number of hydrazine groups is 1. The van der Waals surface area contributed by atoms with Crippen LogP contribution in [0.15, 0.2) is 18.2 Å². The van der Waals surface area contributed by atoms with Gasteiger partial charge in [-0.2, -0.15) is 0 Å². The van der Waals surface area contributed by atoms with E-state index in [1.807, 2.05) is 0 Å². The summed E-state index contributed by atoms with van der Waals surface area (Å²) in [6.45, 7) is 4.30. The molecule has 0 radical (unpaired) electrons. The van der Waals surface area contributed by atoms with E-state index in [0.29, 0.717) is 17.9 Å². The molecule has 0 aromatic heterocycles. The van der Waals surface area contributed by atoms with E-state index in [1.165, 1.54) is 12.1 Å². The van der Waals surface area contributed by atoms with Gasteiger partial charge in [-0.3, -0.25) is 11.3 Å². The molecule has 1 rings (SSSR count). The molecule has 0 saturated carbocycles. The van der Waals surface area contributed by atoms with Crippen molar-refractivity contribution in [3.05, 3.63) is 35.4 Å². The van der Waals surface area contributed by atoms with Crippen LogP contribution in [-0.2, 0) is 6.42 Å². The maximum atomic E-state index is 13.5. The fourth-order valence-electron chi connectivity index (χ4n) is 2.26. The molecule has 2 nitrogen and oxygen atoms in total. The normalized spacial score (nSPS) is 14.5. The molecule has 3 N–H and O–H groups in total. The van der Waals surface area contributed by atoms with Crippen molar-refractivity contribution < 1.29 is 8.78 Å². The number of rotatable bonds is 7. The Bertz CT molecular complexity index is 369. The summed E-state index contributed by atoms with van der Waals surface area (Å²) in [6, 6.07) is 3.70. The fourth-order valence-corrected chi connectivity index (χ4v) is 2.26. The van der Waals surface area contributed by atoms with Crippen LogP contribution in [0.2, 0.25) is 0 Å². The van der Waals surface area contributed by atoms with E-state index in [9.17, 15) is 8.78 Å². The smallest absolute Gasteiger partial charge is 0.129 e. The molecule has 2 atom stereocenters. The second-order valence-electron chi connectivity index (χ2n) is 4.93. The minimum atomic E-state index is -0.548. The van der Waals surface area contributed by atoms with Gasteiger partial charge in [0.1, 0.15) is 11.6 Å². The molecular weight excluding hydrogens is 234 g/mol. The monoisotopic (exact) mass is 256 g/mol. The summed E-state index contributed by atoms with van der Waals surface area (Å²) in [5, 5.41) is 0. The van der Waals surface area contributed by atoms with Crippen LogP contribution in [0.4, 0.5) is 8.78 Å². The highest BCUT2D eigenvalue weighted by Crippen LogP contribution is 2.17. The first kappa shape index (κ1) is 15.1. The zero-order chi connectivity index (χ0) is 13.5. The second-order valence-corrected chi connectivity index (χ2v) is 4.93. The van der Waals surface area contributed by atoms with Gasteiger partial charge in [0.05, 0.1) is 0 Å². The van der Waals surface area contributed by atoms with Crippen molar-refractivity contribution in [1.29, 1.82) is 0 Å². The topological polar surface area (TPSA) is 38.0 Å². The summed E-state index contributed by atoms with van der Waals surface area (Å²) >= 11 is 0. The zero-order valence-electron chi connectivity index (χ0n) is 11.0. The van der Waals surface area contributed by atoms with Crippen molar-refractivity contribution >= 4 is 0 Å². The van der Waals surface area contributed by atoms with Gasteiger partial charge in [0.25, 0.3) is 0 Å². The Morgan fingerprint density at radius 2 is 2.06 bits per heavy atom. The number of hydrogen-bond acceptors (Lipinski definition) is 2. The van der Waals surface area contributed by atoms with Gasteiger partial charge >= 0.3 is 0 Å². The van der Waals surface area contributed by atoms with Gasteiger partial charge in [-0.1, -0.05) is 32.8 Å². The molecular formula is C14H22F2N2. The van der Waals surface area contributed by atoms with Gasteiger partial charge in [0.2, 0.25) is 0 Å². The van der Waals surface area contributed by atoms with Gasteiger partial charge in [-0.05, 0) is 30.4 Å².